The molecular weight excluding hydrogens is 362 g/mol. The molecule has 4 heterocycles. The van der Waals surface area contributed by atoms with Crippen LogP contribution in [0.15, 0.2) is 52.3 Å². The second-order valence-corrected chi connectivity index (χ2v) is 6.26. The lowest BCUT2D eigenvalue weighted by molar-refractivity contribution is 0.0744. The van der Waals surface area contributed by atoms with Crippen molar-refractivity contribution in [3.63, 3.8) is 0 Å². The molecule has 10 heteroatoms. The Morgan fingerprint density at radius 2 is 1.79 bits per heavy atom. The van der Waals surface area contributed by atoms with Gasteiger partial charge in [-0.1, -0.05) is 6.07 Å². The van der Waals surface area contributed by atoms with Gasteiger partial charge in [0, 0.05) is 38.6 Å². The van der Waals surface area contributed by atoms with Crippen molar-refractivity contribution in [3.8, 4) is 11.4 Å². The van der Waals surface area contributed by atoms with E-state index in [1.165, 1.54) is 0 Å². The third-order valence-corrected chi connectivity index (χ3v) is 4.52. The van der Waals surface area contributed by atoms with Crippen LogP contribution < -0.4 is 16.1 Å². The van der Waals surface area contributed by atoms with Crippen LogP contribution in [0, 0.1) is 0 Å². The molecule has 0 atom stereocenters. The quantitative estimate of drug-likeness (QED) is 0.649. The number of amides is 1. The number of anilines is 1. The van der Waals surface area contributed by atoms with Crippen molar-refractivity contribution in [1.82, 2.24) is 30.0 Å². The van der Waals surface area contributed by atoms with Crippen LogP contribution in [0.1, 0.15) is 10.4 Å². The number of rotatable bonds is 3. The van der Waals surface area contributed by atoms with E-state index < -0.39 is 17.2 Å². The van der Waals surface area contributed by atoms with Gasteiger partial charge in [-0.3, -0.25) is 19.6 Å². The maximum absolute atomic E-state index is 12.5. The fourth-order valence-corrected chi connectivity index (χ4v) is 3.02. The molecule has 0 saturated carbocycles. The molecule has 1 aliphatic rings. The molecule has 0 unspecified atom stereocenters. The number of piperazine rings is 1. The Morgan fingerprint density at radius 3 is 2.43 bits per heavy atom. The number of aromatic nitrogens is 5. The average Bonchev–Trinajstić information content (AvgIpc) is 2.74. The summed E-state index contributed by atoms with van der Waals surface area (Å²) in [5.74, 6) is 0.308. The number of pyridine rings is 1. The fraction of sp³-hybridized carbons (Fsp3) is 0.222. The third kappa shape index (κ3) is 3.52. The SMILES string of the molecule is O=C(c1c[nH]c(=O)[nH]c1=O)N1CCN(c2ccc(-c3ccccn3)nn2)CC1. The van der Waals surface area contributed by atoms with Crippen LogP contribution in [0.25, 0.3) is 11.4 Å². The number of nitrogens with one attached hydrogen (secondary N) is 2. The number of carbonyl (C=O) groups excluding carboxylic acids is 1. The predicted octanol–water partition coefficient (Wildman–Crippen LogP) is -0.122. The van der Waals surface area contributed by atoms with Gasteiger partial charge in [0.1, 0.15) is 11.3 Å². The maximum Gasteiger partial charge on any atom is 0.325 e. The van der Waals surface area contributed by atoms with Gasteiger partial charge < -0.3 is 14.8 Å². The van der Waals surface area contributed by atoms with E-state index in [2.05, 4.69) is 25.1 Å². The zero-order valence-corrected chi connectivity index (χ0v) is 14.8. The molecule has 1 aliphatic heterocycles. The van der Waals surface area contributed by atoms with Crippen molar-refractivity contribution in [1.29, 1.82) is 0 Å². The number of hydrogen-bond acceptors (Lipinski definition) is 7. The lowest BCUT2D eigenvalue weighted by Crippen LogP contribution is -2.50. The minimum atomic E-state index is -0.688. The standard InChI is InChI=1S/C18H17N7O3/c26-16-12(11-20-18(28)21-16)17(27)25-9-7-24(8-10-25)15-5-4-14(22-23-15)13-3-1-2-6-19-13/h1-6,11H,7-10H2,(H2,20,21,26,28). The first-order chi connectivity index (χ1) is 13.6. The summed E-state index contributed by atoms with van der Waals surface area (Å²) in [6.45, 7) is 1.98. The van der Waals surface area contributed by atoms with Gasteiger partial charge in [-0.2, -0.15) is 0 Å². The van der Waals surface area contributed by atoms with E-state index in [1.807, 2.05) is 35.2 Å². The maximum atomic E-state index is 12.5. The molecule has 1 fully saturated rings. The van der Waals surface area contributed by atoms with E-state index in [-0.39, 0.29) is 5.56 Å². The van der Waals surface area contributed by atoms with E-state index in [9.17, 15) is 14.4 Å². The van der Waals surface area contributed by atoms with Crippen LogP contribution in [-0.2, 0) is 0 Å². The van der Waals surface area contributed by atoms with Crippen molar-refractivity contribution in [2.75, 3.05) is 31.1 Å². The number of carbonyl (C=O) groups is 1. The summed E-state index contributed by atoms with van der Waals surface area (Å²) in [5, 5.41) is 8.50. The molecule has 0 aliphatic carbocycles. The van der Waals surface area contributed by atoms with Crippen molar-refractivity contribution < 1.29 is 4.79 Å². The molecule has 3 aromatic heterocycles. The van der Waals surface area contributed by atoms with Gasteiger partial charge in [0.15, 0.2) is 5.82 Å². The molecule has 1 saturated heterocycles. The molecule has 142 valence electrons. The first-order valence-electron chi connectivity index (χ1n) is 8.73. The average molecular weight is 379 g/mol. The Kier molecular flexibility index (Phi) is 4.67. The zero-order chi connectivity index (χ0) is 19.5. The van der Waals surface area contributed by atoms with Crippen LogP contribution in [0.5, 0.6) is 0 Å². The van der Waals surface area contributed by atoms with E-state index >= 15 is 0 Å². The molecule has 2 N–H and O–H groups in total. The summed E-state index contributed by atoms with van der Waals surface area (Å²) < 4.78 is 0. The van der Waals surface area contributed by atoms with Crippen molar-refractivity contribution >= 4 is 11.7 Å². The molecule has 1 amide bonds. The van der Waals surface area contributed by atoms with E-state index in [0.29, 0.717) is 37.7 Å². The van der Waals surface area contributed by atoms with Crippen LogP contribution in [-0.4, -0.2) is 62.1 Å². The largest absolute Gasteiger partial charge is 0.352 e. The summed E-state index contributed by atoms with van der Waals surface area (Å²) in [5.41, 5.74) is 0.0392. The predicted molar refractivity (Wildman–Crippen MR) is 101 cm³/mol. The van der Waals surface area contributed by atoms with Gasteiger partial charge in [-0.05, 0) is 24.3 Å². The highest BCUT2D eigenvalue weighted by molar-refractivity contribution is 5.93. The van der Waals surface area contributed by atoms with Crippen LogP contribution >= 0.6 is 0 Å². The van der Waals surface area contributed by atoms with E-state index in [1.54, 1.807) is 11.1 Å². The molecular formula is C18H17N7O3. The Bertz CT molecular complexity index is 1080. The van der Waals surface area contributed by atoms with Gasteiger partial charge in [0.2, 0.25) is 0 Å². The first-order valence-corrected chi connectivity index (χ1v) is 8.73. The smallest absolute Gasteiger partial charge is 0.325 e. The van der Waals surface area contributed by atoms with Crippen molar-refractivity contribution in [2.24, 2.45) is 0 Å². The van der Waals surface area contributed by atoms with Gasteiger partial charge >= 0.3 is 5.69 Å². The summed E-state index contributed by atoms with van der Waals surface area (Å²) in [6, 6.07) is 9.34. The summed E-state index contributed by atoms with van der Waals surface area (Å²) in [7, 11) is 0. The second kappa shape index (κ2) is 7.43. The molecule has 0 radical (unpaired) electrons. The van der Waals surface area contributed by atoms with Gasteiger partial charge in [-0.15, -0.1) is 10.2 Å². The summed E-state index contributed by atoms with van der Waals surface area (Å²) in [4.78, 5) is 47.6. The molecule has 0 aromatic carbocycles. The lowest BCUT2D eigenvalue weighted by atomic mass is 10.2. The highest BCUT2D eigenvalue weighted by Gasteiger charge is 2.25. The number of nitrogens with zero attached hydrogens (tertiary/aromatic N) is 5. The molecule has 0 bridgehead atoms. The first kappa shape index (κ1) is 17.6. The monoisotopic (exact) mass is 379 g/mol. The second-order valence-electron chi connectivity index (χ2n) is 6.26. The van der Waals surface area contributed by atoms with E-state index in [0.717, 1.165) is 11.9 Å². The molecule has 3 aromatic rings. The fourth-order valence-electron chi connectivity index (χ4n) is 3.02. The van der Waals surface area contributed by atoms with Crippen molar-refractivity contribution in [3.05, 3.63) is 69.1 Å². The van der Waals surface area contributed by atoms with Crippen LogP contribution in [0.4, 0.5) is 5.82 Å². The minimum absolute atomic E-state index is 0.0763. The Balaban J connectivity index is 1.42. The lowest BCUT2D eigenvalue weighted by Gasteiger charge is -2.35. The van der Waals surface area contributed by atoms with Gasteiger partial charge in [-0.25, -0.2) is 4.79 Å². The highest BCUT2D eigenvalue weighted by Crippen LogP contribution is 2.17. The summed E-state index contributed by atoms with van der Waals surface area (Å²) in [6.07, 6.45) is 2.85. The highest BCUT2D eigenvalue weighted by atomic mass is 16.2. The molecule has 28 heavy (non-hydrogen) atoms. The molecule has 10 nitrogen and oxygen atoms in total. The molecule has 0 spiro atoms. The minimum Gasteiger partial charge on any atom is -0.352 e. The van der Waals surface area contributed by atoms with Gasteiger partial charge in [0.05, 0.1) is 5.69 Å². The number of H-pyrrole nitrogens is 2. The van der Waals surface area contributed by atoms with Gasteiger partial charge in [0.25, 0.3) is 11.5 Å². The zero-order valence-electron chi connectivity index (χ0n) is 14.8. The Hall–Kier alpha value is -3.82. The normalized spacial score (nSPS) is 14.1. The van der Waals surface area contributed by atoms with Crippen LogP contribution in [0.2, 0.25) is 0 Å². The summed E-state index contributed by atoms with van der Waals surface area (Å²) >= 11 is 0. The van der Waals surface area contributed by atoms with Crippen LogP contribution in [0.3, 0.4) is 0 Å². The van der Waals surface area contributed by atoms with Crippen molar-refractivity contribution in [2.45, 2.75) is 0 Å². The third-order valence-electron chi connectivity index (χ3n) is 4.52. The van der Waals surface area contributed by atoms with E-state index in [4.69, 9.17) is 0 Å². The Morgan fingerprint density at radius 1 is 0.964 bits per heavy atom. The number of aromatic amines is 2. The molecule has 4 rings (SSSR count). The number of hydrogen-bond donors (Lipinski definition) is 2. The topological polar surface area (TPSA) is 128 Å². The Labute approximate surface area is 158 Å².